The molecule has 2 aliphatic rings. The molecule has 0 N–H and O–H groups in total. The maximum absolute atomic E-state index is 12.6. The van der Waals surface area contributed by atoms with Gasteiger partial charge in [-0.15, -0.1) is 0 Å². The maximum Gasteiger partial charge on any atom is 0.222 e. The summed E-state index contributed by atoms with van der Waals surface area (Å²) in [6.07, 6.45) is 8.20. The molecule has 0 unspecified atom stereocenters. The van der Waals surface area contributed by atoms with Crippen LogP contribution in [0.15, 0.2) is 24.4 Å². The average Bonchev–Trinajstić information content (AvgIpc) is 2.72. The van der Waals surface area contributed by atoms with Crippen LogP contribution < -0.4 is 0 Å². The lowest BCUT2D eigenvalue weighted by atomic mass is 9.93. The van der Waals surface area contributed by atoms with Crippen LogP contribution in [0.2, 0.25) is 0 Å². The second-order valence-electron chi connectivity index (χ2n) is 8.27. The first kappa shape index (κ1) is 20.3. The number of hydrogen-bond donors (Lipinski definition) is 0. The predicted octanol–water partition coefficient (Wildman–Crippen LogP) is 2.67. The van der Waals surface area contributed by atoms with E-state index in [4.69, 9.17) is 0 Å². The van der Waals surface area contributed by atoms with Crippen molar-refractivity contribution in [1.29, 1.82) is 0 Å². The smallest absolute Gasteiger partial charge is 0.222 e. The van der Waals surface area contributed by atoms with Crippen LogP contribution in [0.3, 0.4) is 0 Å². The van der Waals surface area contributed by atoms with Crippen molar-refractivity contribution in [2.45, 2.75) is 51.5 Å². The molecule has 0 bridgehead atoms. The fourth-order valence-electron chi connectivity index (χ4n) is 4.52. The lowest BCUT2D eigenvalue weighted by Crippen LogP contribution is -2.48. The van der Waals surface area contributed by atoms with Gasteiger partial charge < -0.3 is 14.7 Å². The van der Waals surface area contributed by atoms with Gasteiger partial charge in [0.1, 0.15) is 0 Å². The van der Waals surface area contributed by atoms with E-state index in [9.17, 15) is 4.79 Å². The van der Waals surface area contributed by atoms with Crippen molar-refractivity contribution in [3.8, 4) is 0 Å². The van der Waals surface area contributed by atoms with Crippen molar-refractivity contribution in [3.05, 3.63) is 30.1 Å². The molecule has 1 aromatic rings. The van der Waals surface area contributed by atoms with Crippen LogP contribution in [0.25, 0.3) is 0 Å². The number of aromatic nitrogens is 1. The fraction of sp³-hybridized carbons (Fsp3) is 0.727. The molecule has 0 atom stereocenters. The molecule has 3 heterocycles. The molecule has 0 aromatic carbocycles. The summed E-state index contributed by atoms with van der Waals surface area (Å²) in [5.41, 5.74) is 1.01. The van der Waals surface area contributed by atoms with E-state index in [1.807, 2.05) is 18.2 Å². The van der Waals surface area contributed by atoms with Gasteiger partial charge in [0.25, 0.3) is 0 Å². The molecule has 5 heteroatoms. The monoisotopic (exact) mass is 372 g/mol. The first-order chi connectivity index (χ1) is 13.2. The Labute approximate surface area is 164 Å². The highest BCUT2D eigenvalue weighted by Gasteiger charge is 2.28. The van der Waals surface area contributed by atoms with Crippen LogP contribution in [0, 0.1) is 5.92 Å². The summed E-state index contributed by atoms with van der Waals surface area (Å²) in [6.45, 7) is 8.73. The molecular formula is C22H36N4O. The van der Waals surface area contributed by atoms with E-state index >= 15 is 0 Å². The molecule has 27 heavy (non-hydrogen) atoms. The summed E-state index contributed by atoms with van der Waals surface area (Å²) in [7, 11) is 2.23. The van der Waals surface area contributed by atoms with Gasteiger partial charge in [-0.05, 0) is 90.3 Å². The van der Waals surface area contributed by atoms with Crippen LogP contribution in [0.5, 0.6) is 0 Å². The third-order valence-electron chi connectivity index (χ3n) is 6.39. The van der Waals surface area contributed by atoms with E-state index in [1.54, 1.807) is 6.20 Å². The molecule has 0 aliphatic carbocycles. The van der Waals surface area contributed by atoms with E-state index < -0.39 is 0 Å². The molecule has 2 fully saturated rings. The zero-order chi connectivity index (χ0) is 19.1. The highest BCUT2D eigenvalue weighted by Crippen LogP contribution is 2.24. The number of carbonyl (C=O) groups is 1. The summed E-state index contributed by atoms with van der Waals surface area (Å²) >= 11 is 0. The third-order valence-corrected chi connectivity index (χ3v) is 6.39. The Balaban J connectivity index is 1.40. The maximum atomic E-state index is 12.6. The number of likely N-dealkylation sites (tertiary alicyclic amines) is 2. The normalized spacial score (nSPS) is 20.7. The van der Waals surface area contributed by atoms with Crippen molar-refractivity contribution in [2.24, 2.45) is 5.92 Å². The number of aryl methyl sites for hydroxylation is 1. The minimum Gasteiger partial charge on any atom is -0.343 e. The van der Waals surface area contributed by atoms with Gasteiger partial charge in [-0.2, -0.15) is 0 Å². The minimum absolute atomic E-state index is 0.279. The fourth-order valence-corrected chi connectivity index (χ4v) is 4.52. The molecular weight excluding hydrogens is 336 g/mol. The first-order valence-electron chi connectivity index (χ1n) is 10.8. The number of carbonyl (C=O) groups excluding carboxylic acids is 1. The second kappa shape index (κ2) is 10.2. The summed E-state index contributed by atoms with van der Waals surface area (Å²) in [4.78, 5) is 24.2. The Morgan fingerprint density at radius 3 is 2.52 bits per heavy atom. The Hall–Kier alpha value is -1.46. The number of hydrogen-bond acceptors (Lipinski definition) is 4. The Morgan fingerprint density at radius 2 is 1.89 bits per heavy atom. The van der Waals surface area contributed by atoms with Crippen molar-refractivity contribution in [2.75, 3.05) is 46.3 Å². The average molecular weight is 373 g/mol. The van der Waals surface area contributed by atoms with E-state index in [0.29, 0.717) is 12.3 Å². The largest absolute Gasteiger partial charge is 0.343 e. The standard InChI is InChI=1S/C22H36N4O/c1-3-25(22(27)8-7-20-6-4-5-13-23-20)18-19-9-16-26(17-10-19)21-11-14-24(2)15-12-21/h4-6,13,19,21H,3,7-12,14-18H2,1-2H3. The zero-order valence-corrected chi connectivity index (χ0v) is 17.1. The van der Waals surface area contributed by atoms with Crippen LogP contribution in [-0.2, 0) is 11.2 Å². The van der Waals surface area contributed by atoms with Crippen LogP contribution in [-0.4, -0.2) is 77.9 Å². The van der Waals surface area contributed by atoms with Crippen LogP contribution in [0.1, 0.15) is 44.7 Å². The second-order valence-corrected chi connectivity index (χ2v) is 8.27. The van der Waals surface area contributed by atoms with Crippen molar-refractivity contribution in [1.82, 2.24) is 19.7 Å². The van der Waals surface area contributed by atoms with Gasteiger partial charge in [-0.1, -0.05) is 6.07 Å². The molecule has 0 saturated carbocycles. The van der Waals surface area contributed by atoms with Gasteiger partial charge in [0, 0.05) is 37.4 Å². The summed E-state index contributed by atoms with van der Waals surface area (Å²) < 4.78 is 0. The van der Waals surface area contributed by atoms with Gasteiger partial charge in [-0.25, -0.2) is 0 Å². The number of pyridine rings is 1. The topological polar surface area (TPSA) is 39.7 Å². The van der Waals surface area contributed by atoms with Gasteiger partial charge in [0.15, 0.2) is 0 Å². The Kier molecular flexibility index (Phi) is 7.65. The molecule has 0 radical (unpaired) electrons. The Morgan fingerprint density at radius 1 is 1.15 bits per heavy atom. The molecule has 0 spiro atoms. The van der Waals surface area contributed by atoms with Crippen LogP contribution in [0.4, 0.5) is 0 Å². The van der Waals surface area contributed by atoms with Crippen LogP contribution >= 0.6 is 0 Å². The summed E-state index contributed by atoms with van der Waals surface area (Å²) in [5, 5.41) is 0. The number of nitrogens with zero attached hydrogens (tertiary/aromatic N) is 4. The van der Waals surface area contributed by atoms with Crippen molar-refractivity contribution >= 4 is 5.91 Å². The van der Waals surface area contributed by atoms with Gasteiger partial charge in [0.2, 0.25) is 5.91 Å². The number of piperidine rings is 2. The number of rotatable bonds is 7. The van der Waals surface area contributed by atoms with E-state index in [1.165, 1.54) is 51.9 Å². The molecule has 2 saturated heterocycles. The van der Waals surface area contributed by atoms with Gasteiger partial charge in [-0.3, -0.25) is 9.78 Å². The SMILES string of the molecule is CCN(CC1CCN(C2CCN(C)CC2)CC1)C(=O)CCc1ccccn1. The third kappa shape index (κ3) is 6.01. The number of amides is 1. The molecule has 3 rings (SSSR count). The zero-order valence-electron chi connectivity index (χ0n) is 17.1. The Bertz CT molecular complexity index is 563. The lowest BCUT2D eigenvalue weighted by molar-refractivity contribution is -0.131. The van der Waals surface area contributed by atoms with E-state index in [0.717, 1.165) is 31.2 Å². The summed E-state index contributed by atoms with van der Waals surface area (Å²) in [6, 6.07) is 6.69. The lowest BCUT2D eigenvalue weighted by Gasteiger charge is -2.41. The van der Waals surface area contributed by atoms with Gasteiger partial charge >= 0.3 is 0 Å². The molecule has 5 nitrogen and oxygen atoms in total. The highest BCUT2D eigenvalue weighted by atomic mass is 16.2. The molecule has 2 aliphatic heterocycles. The minimum atomic E-state index is 0.279. The van der Waals surface area contributed by atoms with E-state index in [2.05, 4.69) is 33.7 Å². The molecule has 1 amide bonds. The highest BCUT2D eigenvalue weighted by molar-refractivity contribution is 5.76. The van der Waals surface area contributed by atoms with Gasteiger partial charge in [0.05, 0.1) is 0 Å². The quantitative estimate of drug-likeness (QED) is 0.738. The summed E-state index contributed by atoms with van der Waals surface area (Å²) in [5.74, 6) is 0.937. The van der Waals surface area contributed by atoms with Crippen molar-refractivity contribution < 1.29 is 4.79 Å². The first-order valence-corrected chi connectivity index (χ1v) is 10.8. The molecule has 150 valence electrons. The van der Waals surface area contributed by atoms with E-state index in [-0.39, 0.29) is 5.91 Å². The predicted molar refractivity (Wildman–Crippen MR) is 110 cm³/mol. The van der Waals surface area contributed by atoms with Crippen molar-refractivity contribution in [3.63, 3.8) is 0 Å². The molecule has 1 aromatic heterocycles.